The minimum absolute atomic E-state index is 0.302. The minimum atomic E-state index is -0.302. The Morgan fingerprint density at radius 3 is 2.24 bits per heavy atom. The summed E-state index contributed by atoms with van der Waals surface area (Å²) in [5.41, 5.74) is 7.15. The molecule has 1 aromatic rings. The zero-order chi connectivity index (χ0) is 12.5. The molecule has 0 aliphatic heterocycles. The largest absolute Gasteiger partial charge is 0.496 e. The van der Waals surface area contributed by atoms with E-state index in [1.807, 2.05) is 6.07 Å². The summed E-state index contributed by atoms with van der Waals surface area (Å²) in [6.45, 7) is 0. The third kappa shape index (κ3) is 2.22. The molecule has 0 saturated heterocycles. The second-order valence-corrected chi connectivity index (χ2v) is 4.96. The highest BCUT2D eigenvalue weighted by molar-refractivity contribution is 6.32. The molecule has 1 fully saturated rings. The SMILES string of the molecule is COc1cc(C2(N)CCCC2)c(OC)cc1Cl. The average molecular weight is 256 g/mol. The molecule has 0 bridgehead atoms. The van der Waals surface area contributed by atoms with Gasteiger partial charge < -0.3 is 15.2 Å². The van der Waals surface area contributed by atoms with Gasteiger partial charge in [0.25, 0.3) is 0 Å². The Bertz CT molecular complexity index is 414. The fraction of sp³-hybridized carbons (Fsp3) is 0.538. The Labute approximate surface area is 107 Å². The van der Waals surface area contributed by atoms with E-state index in [4.69, 9.17) is 26.8 Å². The van der Waals surface area contributed by atoms with Crippen LogP contribution in [0.3, 0.4) is 0 Å². The van der Waals surface area contributed by atoms with Crippen molar-refractivity contribution in [2.45, 2.75) is 31.2 Å². The topological polar surface area (TPSA) is 44.5 Å². The van der Waals surface area contributed by atoms with Crippen LogP contribution in [0.4, 0.5) is 0 Å². The van der Waals surface area contributed by atoms with Gasteiger partial charge in [0.2, 0.25) is 0 Å². The van der Waals surface area contributed by atoms with Crippen molar-refractivity contribution in [3.05, 3.63) is 22.7 Å². The van der Waals surface area contributed by atoms with Crippen LogP contribution in [0.1, 0.15) is 31.2 Å². The van der Waals surface area contributed by atoms with E-state index in [-0.39, 0.29) is 5.54 Å². The lowest BCUT2D eigenvalue weighted by atomic mass is 9.88. The summed E-state index contributed by atoms with van der Waals surface area (Å²) in [7, 11) is 3.25. The van der Waals surface area contributed by atoms with Gasteiger partial charge in [-0.3, -0.25) is 0 Å². The molecule has 0 aromatic heterocycles. The predicted octanol–water partition coefficient (Wildman–Crippen LogP) is 3.09. The van der Waals surface area contributed by atoms with Gasteiger partial charge in [-0.1, -0.05) is 24.4 Å². The Hall–Kier alpha value is -0.930. The Kier molecular flexibility index (Phi) is 3.50. The number of nitrogens with two attached hydrogens (primary N) is 1. The second kappa shape index (κ2) is 4.75. The maximum atomic E-state index is 6.45. The Balaban J connectivity index is 2.50. The van der Waals surface area contributed by atoms with Crippen molar-refractivity contribution < 1.29 is 9.47 Å². The standard InChI is InChI=1S/C13H18ClNO2/c1-16-11-8-10(14)12(17-2)7-9(11)13(15)5-3-4-6-13/h7-8H,3-6,15H2,1-2H3. The van der Waals surface area contributed by atoms with Crippen LogP contribution in [0.5, 0.6) is 11.5 Å². The van der Waals surface area contributed by atoms with Gasteiger partial charge in [-0.25, -0.2) is 0 Å². The molecule has 0 heterocycles. The molecule has 1 aromatic carbocycles. The number of benzene rings is 1. The van der Waals surface area contributed by atoms with Crippen molar-refractivity contribution in [2.75, 3.05) is 14.2 Å². The van der Waals surface area contributed by atoms with Gasteiger partial charge in [0.05, 0.1) is 19.2 Å². The lowest BCUT2D eigenvalue weighted by molar-refractivity contribution is 0.372. The van der Waals surface area contributed by atoms with Gasteiger partial charge in [0, 0.05) is 17.2 Å². The maximum absolute atomic E-state index is 6.45. The summed E-state index contributed by atoms with van der Waals surface area (Å²) in [6.07, 6.45) is 4.28. The van der Waals surface area contributed by atoms with Gasteiger partial charge >= 0.3 is 0 Å². The number of hydrogen-bond acceptors (Lipinski definition) is 3. The lowest BCUT2D eigenvalue weighted by Gasteiger charge is -2.27. The van der Waals surface area contributed by atoms with Crippen LogP contribution in [0.25, 0.3) is 0 Å². The fourth-order valence-electron chi connectivity index (χ4n) is 2.52. The van der Waals surface area contributed by atoms with Crippen LogP contribution in [0.15, 0.2) is 12.1 Å². The monoisotopic (exact) mass is 255 g/mol. The van der Waals surface area contributed by atoms with E-state index in [9.17, 15) is 0 Å². The third-order valence-corrected chi connectivity index (χ3v) is 3.80. The van der Waals surface area contributed by atoms with E-state index >= 15 is 0 Å². The molecule has 0 spiro atoms. The zero-order valence-corrected chi connectivity index (χ0v) is 11.0. The quantitative estimate of drug-likeness (QED) is 0.903. The molecule has 4 heteroatoms. The van der Waals surface area contributed by atoms with E-state index in [1.54, 1.807) is 20.3 Å². The van der Waals surface area contributed by atoms with Gasteiger partial charge in [0.15, 0.2) is 0 Å². The first-order valence-corrected chi connectivity index (χ1v) is 6.19. The first kappa shape index (κ1) is 12.5. The molecule has 3 nitrogen and oxygen atoms in total. The second-order valence-electron chi connectivity index (χ2n) is 4.55. The fourth-order valence-corrected chi connectivity index (χ4v) is 2.76. The van der Waals surface area contributed by atoms with Crippen LogP contribution in [0.2, 0.25) is 5.02 Å². The molecule has 0 atom stereocenters. The van der Waals surface area contributed by atoms with Crippen LogP contribution < -0.4 is 15.2 Å². The molecule has 94 valence electrons. The van der Waals surface area contributed by atoms with Crippen molar-refractivity contribution >= 4 is 11.6 Å². The zero-order valence-electron chi connectivity index (χ0n) is 10.3. The molecular formula is C13H18ClNO2. The first-order chi connectivity index (χ1) is 8.10. The predicted molar refractivity (Wildman–Crippen MR) is 68.9 cm³/mol. The van der Waals surface area contributed by atoms with Gasteiger partial charge in [-0.2, -0.15) is 0 Å². The first-order valence-electron chi connectivity index (χ1n) is 5.81. The molecule has 1 saturated carbocycles. The highest BCUT2D eigenvalue weighted by Gasteiger charge is 2.34. The summed E-state index contributed by atoms with van der Waals surface area (Å²) >= 11 is 6.09. The lowest BCUT2D eigenvalue weighted by Crippen LogP contribution is -2.33. The highest BCUT2D eigenvalue weighted by atomic mass is 35.5. The Morgan fingerprint density at radius 1 is 1.12 bits per heavy atom. The maximum Gasteiger partial charge on any atom is 0.138 e. The number of halogens is 1. The Morgan fingerprint density at radius 2 is 1.71 bits per heavy atom. The van der Waals surface area contributed by atoms with Crippen LogP contribution in [-0.4, -0.2) is 14.2 Å². The molecule has 0 unspecified atom stereocenters. The molecule has 1 aliphatic rings. The van der Waals surface area contributed by atoms with Crippen molar-refractivity contribution in [3.63, 3.8) is 0 Å². The molecule has 1 aliphatic carbocycles. The smallest absolute Gasteiger partial charge is 0.138 e. The van der Waals surface area contributed by atoms with E-state index in [1.165, 1.54) is 0 Å². The van der Waals surface area contributed by atoms with E-state index in [0.29, 0.717) is 10.8 Å². The van der Waals surface area contributed by atoms with Crippen molar-refractivity contribution in [1.29, 1.82) is 0 Å². The van der Waals surface area contributed by atoms with Gasteiger partial charge in [-0.15, -0.1) is 0 Å². The molecular weight excluding hydrogens is 238 g/mol. The van der Waals surface area contributed by atoms with Crippen molar-refractivity contribution in [1.82, 2.24) is 0 Å². The van der Waals surface area contributed by atoms with Gasteiger partial charge in [-0.05, 0) is 18.9 Å². The summed E-state index contributed by atoms with van der Waals surface area (Å²) in [5.74, 6) is 1.40. The number of hydrogen-bond donors (Lipinski definition) is 1. The van der Waals surface area contributed by atoms with Gasteiger partial charge in [0.1, 0.15) is 11.5 Å². The van der Waals surface area contributed by atoms with E-state index in [2.05, 4.69) is 0 Å². The molecule has 17 heavy (non-hydrogen) atoms. The number of rotatable bonds is 3. The number of methoxy groups -OCH3 is 2. The number of ether oxygens (including phenoxy) is 2. The normalized spacial score (nSPS) is 18.1. The average Bonchev–Trinajstić information content (AvgIpc) is 2.76. The van der Waals surface area contributed by atoms with Crippen LogP contribution in [0, 0.1) is 0 Å². The summed E-state index contributed by atoms with van der Waals surface area (Å²) < 4.78 is 10.6. The highest BCUT2D eigenvalue weighted by Crippen LogP contribution is 2.44. The van der Waals surface area contributed by atoms with E-state index < -0.39 is 0 Å². The molecule has 2 rings (SSSR count). The van der Waals surface area contributed by atoms with Crippen LogP contribution in [-0.2, 0) is 5.54 Å². The van der Waals surface area contributed by atoms with Crippen molar-refractivity contribution in [2.24, 2.45) is 5.73 Å². The molecule has 2 N–H and O–H groups in total. The minimum Gasteiger partial charge on any atom is -0.496 e. The molecule has 0 radical (unpaired) electrons. The van der Waals surface area contributed by atoms with Crippen LogP contribution >= 0.6 is 11.6 Å². The summed E-state index contributed by atoms with van der Waals surface area (Å²) in [6, 6.07) is 3.69. The summed E-state index contributed by atoms with van der Waals surface area (Å²) in [5, 5.41) is 0.551. The van der Waals surface area contributed by atoms with E-state index in [0.717, 1.165) is 37.0 Å². The third-order valence-electron chi connectivity index (χ3n) is 3.51. The van der Waals surface area contributed by atoms with Crippen molar-refractivity contribution in [3.8, 4) is 11.5 Å². The molecule has 0 amide bonds. The summed E-state index contributed by atoms with van der Waals surface area (Å²) in [4.78, 5) is 0.